The molecule has 0 aliphatic carbocycles. The van der Waals surface area contributed by atoms with Gasteiger partial charge in [0, 0.05) is 18.4 Å². The van der Waals surface area contributed by atoms with E-state index in [1.807, 2.05) is 6.20 Å². The van der Waals surface area contributed by atoms with Crippen LogP contribution in [0.15, 0.2) is 29.0 Å². The third-order valence-electron chi connectivity index (χ3n) is 2.80. The van der Waals surface area contributed by atoms with E-state index in [1.54, 1.807) is 10.9 Å². The quantitative estimate of drug-likeness (QED) is 0.888. The molecule has 0 bridgehead atoms. The summed E-state index contributed by atoms with van der Waals surface area (Å²) in [5.74, 6) is 0.879. The predicted molar refractivity (Wildman–Crippen MR) is 80.4 cm³/mol. The van der Waals surface area contributed by atoms with Crippen molar-refractivity contribution in [1.82, 2.24) is 20.1 Å². The van der Waals surface area contributed by atoms with Crippen LogP contribution in [0.3, 0.4) is 0 Å². The molecule has 5 heteroatoms. The summed E-state index contributed by atoms with van der Waals surface area (Å²) in [5, 5.41) is 7.65. The second-order valence-electron chi connectivity index (χ2n) is 4.46. The highest BCUT2D eigenvalue weighted by molar-refractivity contribution is 9.10. The van der Waals surface area contributed by atoms with Gasteiger partial charge in [-0.25, -0.2) is 9.67 Å². The Kier molecular flexibility index (Phi) is 5.10. The summed E-state index contributed by atoms with van der Waals surface area (Å²) < 4.78 is 2.77. The highest BCUT2D eigenvalue weighted by Crippen LogP contribution is 2.14. The van der Waals surface area contributed by atoms with Gasteiger partial charge in [0.25, 0.3) is 0 Å². The Labute approximate surface area is 122 Å². The van der Waals surface area contributed by atoms with Crippen LogP contribution in [0.2, 0.25) is 0 Å². The van der Waals surface area contributed by atoms with Crippen LogP contribution >= 0.6 is 15.9 Å². The Hall–Kier alpha value is -1.20. The van der Waals surface area contributed by atoms with Crippen LogP contribution in [0.25, 0.3) is 5.82 Å². The minimum atomic E-state index is 0.866. The average Bonchev–Trinajstić information content (AvgIpc) is 2.83. The van der Waals surface area contributed by atoms with Gasteiger partial charge in [0.05, 0.1) is 10.7 Å². The fourth-order valence-corrected chi connectivity index (χ4v) is 2.22. The first kappa shape index (κ1) is 14.2. The summed E-state index contributed by atoms with van der Waals surface area (Å²) in [6, 6.07) is 4.26. The molecule has 0 aromatic carbocycles. The summed E-state index contributed by atoms with van der Waals surface area (Å²) in [4.78, 5) is 4.67. The van der Waals surface area contributed by atoms with E-state index in [9.17, 15) is 0 Å². The van der Waals surface area contributed by atoms with Crippen LogP contribution in [-0.2, 0) is 13.0 Å². The van der Waals surface area contributed by atoms with Crippen LogP contribution < -0.4 is 5.32 Å². The minimum Gasteiger partial charge on any atom is -0.313 e. The summed E-state index contributed by atoms with van der Waals surface area (Å²) in [7, 11) is 0. The van der Waals surface area contributed by atoms with Crippen molar-refractivity contribution in [1.29, 1.82) is 0 Å². The van der Waals surface area contributed by atoms with Gasteiger partial charge in [0.15, 0.2) is 5.82 Å². The molecule has 0 saturated carbocycles. The second kappa shape index (κ2) is 6.82. The van der Waals surface area contributed by atoms with E-state index in [-0.39, 0.29) is 0 Å². The van der Waals surface area contributed by atoms with Gasteiger partial charge in [0.2, 0.25) is 0 Å². The SMILES string of the molecule is CCCc1cc(CNCC)cc(-n2cc(Br)cn2)n1. The van der Waals surface area contributed by atoms with Crippen molar-refractivity contribution < 1.29 is 0 Å². The van der Waals surface area contributed by atoms with Crippen molar-refractivity contribution in [2.45, 2.75) is 33.2 Å². The van der Waals surface area contributed by atoms with Crippen LogP contribution in [0.1, 0.15) is 31.5 Å². The molecule has 0 aliphatic rings. The molecule has 0 unspecified atom stereocenters. The Morgan fingerprint density at radius 1 is 1.32 bits per heavy atom. The third-order valence-corrected chi connectivity index (χ3v) is 3.21. The third kappa shape index (κ3) is 3.88. The predicted octanol–water partition coefficient (Wildman–Crippen LogP) is 3.09. The Balaban J connectivity index is 2.33. The van der Waals surface area contributed by atoms with Gasteiger partial charge in [-0.3, -0.25) is 0 Å². The number of hydrogen-bond acceptors (Lipinski definition) is 3. The molecule has 0 spiro atoms. The van der Waals surface area contributed by atoms with E-state index < -0.39 is 0 Å². The maximum atomic E-state index is 4.67. The minimum absolute atomic E-state index is 0.866. The highest BCUT2D eigenvalue weighted by atomic mass is 79.9. The molecule has 0 saturated heterocycles. The summed E-state index contributed by atoms with van der Waals surface area (Å²) in [6.07, 6.45) is 5.79. The van der Waals surface area contributed by atoms with Gasteiger partial charge in [-0.05, 0) is 46.6 Å². The zero-order chi connectivity index (χ0) is 13.7. The molecular formula is C14H19BrN4. The lowest BCUT2D eigenvalue weighted by Crippen LogP contribution is -2.13. The molecule has 102 valence electrons. The van der Waals surface area contributed by atoms with Crippen molar-refractivity contribution in [3.8, 4) is 5.82 Å². The summed E-state index contributed by atoms with van der Waals surface area (Å²) in [5.41, 5.74) is 2.38. The van der Waals surface area contributed by atoms with Gasteiger partial charge in [-0.2, -0.15) is 5.10 Å². The molecule has 4 nitrogen and oxygen atoms in total. The largest absolute Gasteiger partial charge is 0.313 e. The lowest BCUT2D eigenvalue weighted by molar-refractivity contribution is 0.718. The van der Waals surface area contributed by atoms with Crippen molar-refractivity contribution in [2.75, 3.05) is 6.54 Å². The van der Waals surface area contributed by atoms with Gasteiger partial charge >= 0.3 is 0 Å². The standard InChI is InChI=1S/C14H19BrN4/c1-3-5-13-6-11(8-16-4-2)7-14(18-13)19-10-12(15)9-17-19/h6-7,9-10,16H,3-5,8H2,1-2H3. The van der Waals surface area contributed by atoms with Gasteiger partial charge in [-0.1, -0.05) is 20.3 Å². The number of nitrogens with zero attached hydrogens (tertiary/aromatic N) is 3. The zero-order valence-electron chi connectivity index (χ0n) is 11.4. The van der Waals surface area contributed by atoms with Crippen molar-refractivity contribution in [2.24, 2.45) is 0 Å². The normalized spacial score (nSPS) is 10.9. The molecule has 0 radical (unpaired) electrons. The molecule has 2 heterocycles. The molecule has 0 fully saturated rings. The zero-order valence-corrected chi connectivity index (χ0v) is 12.9. The van der Waals surface area contributed by atoms with E-state index in [0.29, 0.717) is 0 Å². The first-order valence-electron chi connectivity index (χ1n) is 6.64. The number of hydrogen-bond donors (Lipinski definition) is 1. The fraction of sp³-hybridized carbons (Fsp3) is 0.429. The Morgan fingerprint density at radius 2 is 2.16 bits per heavy atom. The van der Waals surface area contributed by atoms with E-state index in [2.05, 4.69) is 57.3 Å². The monoisotopic (exact) mass is 322 g/mol. The molecule has 0 aliphatic heterocycles. The van der Waals surface area contributed by atoms with E-state index in [4.69, 9.17) is 0 Å². The maximum Gasteiger partial charge on any atom is 0.153 e. The van der Waals surface area contributed by atoms with E-state index in [0.717, 1.165) is 41.9 Å². The Morgan fingerprint density at radius 3 is 2.79 bits per heavy atom. The van der Waals surface area contributed by atoms with Gasteiger partial charge in [-0.15, -0.1) is 0 Å². The van der Waals surface area contributed by atoms with Crippen molar-refractivity contribution in [3.05, 3.63) is 40.3 Å². The smallest absolute Gasteiger partial charge is 0.153 e. The average molecular weight is 323 g/mol. The number of rotatable bonds is 6. The van der Waals surface area contributed by atoms with Gasteiger partial charge in [0.1, 0.15) is 0 Å². The molecule has 19 heavy (non-hydrogen) atoms. The lowest BCUT2D eigenvalue weighted by Gasteiger charge is -2.09. The van der Waals surface area contributed by atoms with E-state index in [1.165, 1.54) is 5.56 Å². The number of aromatic nitrogens is 3. The molecule has 1 N–H and O–H groups in total. The molecule has 0 amide bonds. The lowest BCUT2D eigenvalue weighted by atomic mass is 10.1. The summed E-state index contributed by atoms with van der Waals surface area (Å²) in [6.45, 7) is 6.11. The highest BCUT2D eigenvalue weighted by Gasteiger charge is 2.05. The topological polar surface area (TPSA) is 42.7 Å². The number of nitrogens with one attached hydrogen (secondary N) is 1. The maximum absolute atomic E-state index is 4.67. The molecule has 2 aromatic heterocycles. The summed E-state index contributed by atoms with van der Waals surface area (Å²) >= 11 is 3.42. The van der Waals surface area contributed by atoms with Crippen LogP contribution in [0.5, 0.6) is 0 Å². The van der Waals surface area contributed by atoms with Gasteiger partial charge < -0.3 is 5.32 Å². The molecular weight excluding hydrogens is 304 g/mol. The number of pyridine rings is 1. The fourth-order valence-electron chi connectivity index (χ4n) is 1.93. The van der Waals surface area contributed by atoms with Crippen LogP contribution in [-0.4, -0.2) is 21.3 Å². The number of aryl methyl sites for hydroxylation is 1. The molecule has 2 rings (SSSR count). The van der Waals surface area contributed by atoms with Crippen LogP contribution in [0, 0.1) is 0 Å². The second-order valence-corrected chi connectivity index (χ2v) is 5.37. The van der Waals surface area contributed by atoms with E-state index >= 15 is 0 Å². The first-order chi connectivity index (χ1) is 9.22. The number of halogens is 1. The van der Waals surface area contributed by atoms with Crippen molar-refractivity contribution >= 4 is 15.9 Å². The first-order valence-corrected chi connectivity index (χ1v) is 7.43. The van der Waals surface area contributed by atoms with Crippen molar-refractivity contribution in [3.63, 3.8) is 0 Å². The molecule has 0 atom stereocenters. The van der Waals surface area contributed by atoms with Crippen LogP contribution in [0.4, 0.5) is 0 Å². The Bertz CT molecular complexity index is 536. The molecule has 2 aromatic rings.